The van der Waals surface area contributed by atoms with Crippen LogP contribution >= 0.6 is 0 Å². The number of pyridine rings is 1. The van der Waals surface area contributed by atoms with Crippen molar-refractivity contribution in [3.05, 3.63) is 85.5 Å². The number of rotatable bonds is 12. The number of carbonyl (C=O) groups excluding carboxylic acids is 4. The standard InChI is InChI=1S/C21H26N4O3.C19H24N4O4/c26-20(24-28)6-3-4-16-11-14-25(15-12-16)21(27)23-18-9-7-17(8-10-18)19-5-1-2-13-22-19;24-18(22-26)3-1-2-14-8-10-23(11-9-14)19(25)21-16-6-4-15(5-7-16)17-12-20-13-27-17/h1-2,5,7-10,13,16,28H,3-4,6,11-12,14-15H2,(H,23,27)(H,24,26);4-7,12-14,26H,1-3,8-11H2,(H,21,25)(H,22,24). The fourth-order valence-electron chi connectivity index (χ4n) is 6.80. The smallest absolute Gasteiger partial charge is 0.321 e. The second-order valence-corrected chi connectivity index (χ2v) is 13.8. The maximum Gasteiger partial charge on any atom is 0.321 e. The SMILES string of the molecule is O=C(CCCC1CCN(C(=O)Nc2ccc(-c3ccccn3)cc2)CC1)NO.O=C(CCCC1CCN(C(=O)Nc2ccc(-c3cnco3)cc2)CC1)NO. The van der Waals surface area contributed by atoms with E-state index in [2.05, 4.69) is 20.6 Å². The minimum absolute atomic E-state index is 0.0799. The number of likely N-dealkylation sites (tertiary alicyclic amines) is 2. The summed E-state index contributed by atoms with van der Waals surface area (Å²) in [6, 6.07) is 20.7. The molecule has 0 unspecified atom stereocenters. The van der Waals surface area contributed by atoms with Gasteiger partial charge in [-0.3, -0.25) is 25.0 Å². The van der Waals surface area contributed by atoms with Crippen LogP contribution in [0.1, 0.15) is 64.2 Å². The number of hydroxylamine groups is 2. The number of amides is 6. The second kappa shape index (κ2) is 21.2. The predicted molar refractivity (Wildman–Crippen MR) is 206 cm³/mol. The van der Waals surface area contributed by atoms with Crippen LogP contribution in [0.4, 0.5) is 21.0 Å². The Bertz CT molecular complexity index is 1770. The number of hydrogen-bond donors (Lipinski definition) is 6. The molecule has 6 amide bonds. The first kappa shape index (κ1) is 40.4. The Balaban J connectivity index is 0.000000211. The number of urea groups is 2. The van der Waals surface area contributed by atoms with E-state index < -0.39 is 0 Å². The van der Waals surface area contributed by atoms with Crippen molar-refractivity contribution in [1.82, 2.24) is 30.7 Å². The third-order valence-electron chi connectivity index (χ3n) is 10.0. The molecule has 2 aromatic carbocycles. The van der Waals surface area contributed by atoms with Gasteiger partial charge in [-0.15, -0.1) is 0 Å². The normalized spacial score (nSPS) is 14.7. The van der Waals surface area contributed by atoms with Crippen LogP contribution in [0.3, 0.4) is 0 Å². The fourth-order valence-corrected chi connectivity index (χ4v) is 6.80. The summed E-state index contributed by atoms with van der Waals surface area (Å²) in [4.78, 5) is 58.9. The van der Waals surface area contributed by atoms with Gasteiger partial charge in [0.1, 0.15) is 0 Å². The number of piperidine rings is 2. The number of carbonyl (C=O) groups is 4. The summed E-state index contributed by atoms with van der Waals surface area (Å²) in [5.41, 5.74) is 7.62. The zero-order chi connectivity index (χ0) is 38.8. The Morgan fingerprint density at radius 1 is 0.673 bits per heavy atom. The van der Waals surface area contributed by atoms with Gasteiger partial charge >= 0.3 is 12.1 Å². The quantitative estimate of drug-likeness (QED) is 0.0655. The lowest BCUT2D eigenvalue weighted by Crippen LogP contribution is -2.41. The van der Waals surface area contributed by atoms with Crippen LogP contribution in [-0.4, -0.2) is 80.2 Å². The Kier molecular flexibility index (Phi) is 15.6. The number of nitrogens with one attached hydrogen (secondary N) is 4. The highest BCUT2D eigenvalue weighted by Crippen LogP contribution is 2.26. The molecule has 15 nitrogen and oxygen atoms in total. The molecule has 55 heavy (non-hydrogen) atoms. The van der Waals surface area contributed by atoms with Crippen LogP contribution in [0.25, 0.3) is 22.6 Å². The van der Waals surface area contributed by atoms with Gasteiger partial charge in [0.25, 0.3) is 0 Å². The van der Waals surface area contributed by atoms with Gasteiger partial charge in [0.15, 0.2) is 12.2 Å². The molecule has 2 aromatic heterocycles. The minimum atomic E-state index is -0.346. The van der Waals surface area contributed by atoms with Crippen LogP contribution in [0, 0.1) is 11.8 Å². The molecule has 0 spiro atoms. The van der Waals surface area contributed by atoms with Crippen molar-refractivity contribution >= 4 is 35.3 Å². The molecule has 292 valence electrons. The molecule has 2 aliphatic rings. The monoisotopic (exact) mass is 754 g/mol. The van der Waals surface area contributed by atoms with E-state index in [0.29, 0.717) is 56.6 Å². The summed E-state index contributed by atoms with van der Waals surface area (Å²) in [5, 5.41) is 22.9. The molecule has 0 aliphatic carbocycles. The number of hydrogen-bond acceptors (Lipinski definition) is 9. The fraction of sp³-hybridized carbons (Fsp3) is 0.400. The van der Waals surface area contributed by atoms with E-state index in [1.54, 1.807) is 23.4 Å². The van der Waals surface area contributed by atoms with Crippen LogP contribution in [-0.2, 0) is 9.59 Å². The molecule has 2 aliphatic heterocycles. The van der Waals surface area contributed by atoms with Crippen molar-refractivity contribution in [1.29, 1.82) is 0 Å². The first-order chi connectivity index (χ1) is 26.8. The van der Waals surface area contributed by atoms with Crippen molar-refractivity contribution in [3.8, 4) is 22.6 Å². The van der Waals surface area contributed by atoms with Gasteiger partial charge in [0.05, 0.1) is 11.9 Å². The predicted octanol–water partition coefficient (Wildman–Crippen LogP) is 6.93. The molecule has 6 N–H and O–H groups in total. The van der Waals surface area contributed by atoms with Gasteiger partial charge in [-0.25, -0.2) is 25.5 Å². The molecule has 0 atom stereocenters. The number of oxazole rings is 1. The van der Waals surface area contributed by atoms with Crippen molar-refractivity contribution in [3.63, 3.8) is 0 Å². The number of anilines is 2. The number of benzene rings is 2. The maximum absolute atomic E-state index is 12.5. The molecule has 4 heterocycles. The third-order valence-corrected chi connectivity index (χ3v) is 10.0. The summed E-state index contributed by atoms with van der Waals surface area (Å²) in [6.07, 6.45) is 12.6. The molecular formula is C40H50N8O7. The van der Waals surface area contributed by atoms with E-state index in [1.165, 1.54) is 6.39 Å². The molecule has 0 radical (unpaired) electrons. The van der Waals surface area contributed by atoms with Crippen LogP contribution in [0.15, 0.2) is 89.9 Å². The Morgan fingerprint density at radius 3 is 1.58 bits per heavy atom. The van der Waals surface area contributed by atoms with Crippen molar-refractivity contribution in [2.75, 3.05) is 36.8 Å². The van der Waals surface area contributed by atoms with Crippen molar-refractivity contribution < 1.29 is 34.0 Å². The van der Waals surface area contributed by atoms with E-state index in [4.69, 9.17) is 14.8 Å². The van der Waals surface area contributed by atoms with E-state index in [-0.39, 0.29) is 23.9 Å². The summed E-state index contributed by atoms with van der Waals surface area (Å²) < 4.78 is 5.25. The van der Waals surface area contributed by atoms with Gasteiger partial charge in [0.2, 0.25) is 11.8 Å². The third kappa shape index (κ3) is 12.9. The van der Waals surface area contributed by atoms with E-state index in [0.717, 1.165) is 79.6 Å². The zero-order valence-corrected chi connectivity index (χ0v) is 30.9. The van der Waals surface area contributed by atoms with Gasteiger partial charge in [-0.1, -0.05) is 18.2 Å². The first-order valence-electron chi connectivity index (χ1n) is 18.8. The van der Waals surface area contributed by atoms with Crippen molar-refractivity contribution in [2.24, 2.45) is 11.8 Å². The van der Waals surface area contributed by atoms with Crippen molar-refractivity contribution in [2.45, 2.75) is 64.2 Å². The average Bonchev–Trinajstić information content (AvgIpc) is 3.78. The largest absolute Gasteiger partial charge is 0.444 e. The van der Waals surface area contributed by atoms with Crippen LogP contribution in [0.5, 0.6) is 0 Å². The first-order valence-corrected chi connectivity index (χ1v) is 18.8. The average molecular weight is 755 g/mol. The topological polar surface area (TPSA) is 202 Å². The molecule has 2 fully saturated rings. The van der Waals surface area contributed by atoms with Gasteiger partial charge in [-0.05, 0) is 112 Å². The van der Waals surface area contributed by atoms with Crippen LogP contribution < -0.4 is 21.6 Å². The number of nitrogens with zero attached hydrogens (tertiary/aromatic N) is 4. The van der Waals surface area contributed by atoms with E-state index in [1.807, 2.05) is 76.5 Å². The molecule has 2 saturated heterocycles. The lowest BCUT2D eigenvalue weighted by Gasteiger charge is -2.32. The summed E-state index contributed by atoms with van der Waals surface area (Å²) >= 11 is 0. The molecule has 6 rings (SSSR count). The summed E-state index contributed by atoms with van der Waals surface area (Å²) in [5.74, 6) is 1.04. The Hall–Kier alpha value is -5.80. The Labute approximate surface area is 320 Å². The highest BCUT2D eigenvalue weighted by atomic mass is 16.5. The highest BCUT2D eigenvalue weighted by molar-refractivity contribution is 5.90. The lowest BCUT2D eigenvalue weighted by atomic mass is 9.91. The maximum atomic E-state index is 12.5. The lowest BCUT2D eigenvalue weighted by molar-refractivity contribution is -0.130. The zero-order valence-electron chi connectivity index (χ0n) is 30.9. The highest BCUT2D eigenvalue weighted by Gasteiger charge is 2.24. The molecule has 0 saturated carbocycles. The van der Waals surface area contributed by atoms with Crippen LogP contribution in [0.2, 0.25) is 0 Å². The molecule has 0 bridgehead atoms. The van der Waals surface area contributed by atoms with E-state index in [9.17, 15) is 19.2 Å². The second-order valence-electron chi connectivity index (χ2n) is 13.8. The molecule has 4 aromatic rings. The summed E-state index contributed by atoms with van der Waals surface area (Å²) in [7, 11) is 0. The Morgan fingerprint density at radius 2 is 1.16 bits per heavy atom. The van der Waals surface area contributed by atoms with Gasteiger partial charge < -0.3 is 24.9 Å². The summed E-state index contributed by atoms with van der Waals surface area (Å²) in [6.45, 7) is 2.85. The molecular weight excluding hydrogens is 704 g/mol. The minimum Gasteiger partial charge on any atom is -0.444 e. The van der Waals surface area contributed by atoms with Gasteiger partial charge in [0, 0.05) is 67.7 Å². The van der Waals surface area contributed by atoms with Gasteiger partial charge in [-0.2, -0.15) is 0 Å². The number of aromatic nitrogens is 2. The van der Waals surface area contributed by atoms with E-state index >= 15 is 0 Å². The molecule has 15 heteroatoms.